The van der Waals surface area contributed by atoms with E-state index in [0.717, 1.165) is 31.8 Å². The normalized spacial score (nSPS) is 21.2. The number of nitrogens with one attached hydrogen (secondary N) is 3. The Balaban J connectivity index is 1.66. The Morgan fingerprint density at radius 2 is 2.09 bits per heavy atom. The summed E-state index contributed by atoms with van der Waals surface area (Å²) in [6.45, 7) is 9.92. The molecule has 6 heteroatoms. The topological polar surface area (TPSA) is 37.7 Å². The lowest BCUT2D eigenvalue weighted by atomic mass is 10.2. The lowest BCUT2D eigenvalue weighted by molar-refractivity contribution is -0.914. The highest BCUT2D eigenvalue weighted by molar-refractivity contribution is 7.80. The highest BCUT2D eigenvalue weighted by Gasteiger charge is 2.24. The smallest absolute Gasteiger partial charge is 0.166 e. The second-order valence-corrected chi connectivity index (χ2v) is 6.89. The van der Waals surface area contributed by atoms with Gasteiger partial charge in [-0.05, 0) is 29.9 Å². The fourth-order valence-electron chi connectivity index (χ4n) is 2.80. The molecule has 0 saturated carbocycles. The summed E-state index contributed by atoms with van der Waals surface area (Å²) in [7, 11) is 0. The maximum atomic E-state index is 12.8. The van der Waals surface area contributed by atoms with E-state index in [1.54, 1.807) is 17.0 Å². The number of hydrogen-bond acceptors (Lipinski definition) is 2. The lowest BCUT2D eigenvalue weighted by Crippen LogP contribution is -3.15. The van der Waals surface area contributed by atoms with Gasteiger partial charge in [0.15, 0.2) is 5.11 Å². The fourth-order valence-corrected chi connectivity index (χ4v) is 2.96. The first kappa shape index (κ1) is 18.1. The molecule has 1 saturated heterocycles. The van der Waals surface area contributed by atoms with Crippen LogP contribution in [0.2, 0.25) is 0 Å². The molecule has 1 aromatic rings. The molecule has 1 aliphatic rings. The van der Waals surface area contributed by atoms with Crippen LogP contribution in [0.3, 0.4) is 0 Å². The maximum Gasteiger partial charge on any atom is 0.166 e. The van der Waals surface area contributed by atoms with Gasteiger partial charge in [0, 0.05) is 19.0 Å². The standard InChI is InChI=1S/C17H26FN3OS/c1-13(2)11-21-7-8-22-16(12-21)10-20-17(23)19-9-14-3-5-15(18)6-4-14/h3-6,13,16H,7-12H2,1-2H3,(H2,19,20,23)/p+1/t16-/m0/s1. The van der Waals surface area contributed by atoms with Crippen molar-refractivity contribution in [2.24, 2.45) is 5.92 Å². The molecule has 0 amide bonds. The first-order valence-electron chi connectivity index (χ1n) is 8.24. The van der Waals surface area contributed by atoms with E-state index in [0.29, 0.717) is 17.6 Å². The Morgan fingerprint density at radius 1 is 1.35 bits per heavy atom. The van der Waals surface area contributed by atoms with Crippen LogP contribution >= 0.6 is 12.2 Å². The largest absolute Gasteiger partial charge is 0.365 e. The quantitative estimate of drug-likeness (QED) is 0.668. The molecule has 0 aliphatic carbocycles. The number of ether oxygens (including phenoxy) is 1. The number of thiocarbonyl (C=S) groups is 1. The van der Waals surface area contributed by atoms with Gasteiger partial charge in [-0.3, -0.25) is 0 Å². The van der Waals surface area contributed by atoms with Crippen LogP contribution in [0.25, 0.3) is 0 Å². The highest BCUT2D eigenvalue weighted by Crippen LogP contribution is 2.02. The first-order chi connectivity index (χ1) is 11.0. The van der Waals surface area contributed by atoms with Gasteiger partial charge in [0.25, 0.3) is 0 Å². The van der Waals surface area contributed by atoms with Crippen LogP contribution in [0.5, 0.6) is 0 Å². The Morgan fingerprint density at radius 3 is 2.78 bits per heavy atom. The summed E-state index contributed by atoms with van der Waals surface area (Å²) in [5.74, 6) is 0.479. The van der Waals surface area contributed by atoms with Gasteiger partial charge in [-0.2, -0.15) is 0 Å². The lowest BCUT2D eigenvalue weighted by Gasteiger charge is -2.31. The molecule has 1 aromatic carbocycles. The number of benzene rings is 1. The van der Waals surface area contributed by atoms with E-state index in [-0.39, 0.29) is 11.9 Å². The summed E-state index contributed by atoms with van der Waals surface area (Å²) in [5.41, 5.74) is 0.997. The molecule has 1 fully saturated rings. The minimum absolute atomic E-state index is 0.197. The molecule has 1 unspecified atom stereocenters. The van der Waals surface area contributed by atoms with E-state index in [1.807, 2.05) is 0 Å². The van der Waals surface area contributed by atoms with E-state index in [4.69, 9.17) is 17.0 Å². The zero-order chi connectivity index (χ0) is 16.7. The molecule has 4 nitrogen and oxygen atoms in total. The fraction of sp³-hybridized carbons (Fsp3) is 0.588. The Kier molecular flexibility index (Phi) is 7.20. The van der Waals surface area contributed by atoms with E-state index >= 15 is 0 Å². The van der Waals surface area contributed by atoms with Crippen LogP contribution in [0.15, 0.2) is 24.3 Å². The third-order valence-electron chi connectivity index (χ3n) is 3.88. The van der Waals surface area contributed by atoms with Gasteiger partial charge in [-0.1, -0.05) is 26.0 Å². The summed E-state index contributed by atoms with van der Waals surface area (Å²) in [4.78, 5) is 1.60. The average Bonchev–Trinajstić information content (AvgIpc) is 2.52. The number of halogens is 1. The van der Waals surface area contributed by atoms with Crippen LogP contribution in [0.4, 0.5) is 4.39 Å². The minimum Gasteiger partial charge on any atom is -0.365 e. The van der Waals surface area contributed by atoms with Gasteiger partial charge < -0.3 is 20.3 Å². The van der Waals surface area contributed by atoms with E-state index < -0.39 is 0 Å². The third-order valence-corrected chi connectivity index (χ3v) is 4.17. The molecule has 0 spiro atoms. The van der Waals surface area contributed by atoms with Crippen molar-refractivity contribution in [2.45, 2.75) is 26.5 Å². The van der Waals surface area contributed by atoms with Gasteiger partial charge >= 0.3 is 0 Å². The molecule has 0 radical (unpaired) electrons. The molecular formula is C17H27FN3OS+. The van der Waals surface area contributed by atoms with Crippen LogP contribution < -0.4 is 15.5 Å². The minimum atomic E-state index is -0.225. The van der Waals surface area contributed by atoms with Crippen LogP contribution in [-0.4, -0.2) is 44.0 Å². The molecule has 2 atom stereocenters. The molecule has 0 bridgehead atoms. The van der Waals surface area contributed by atoms with Gasteiger partial charge in [-0.25, -0.2) is 4.39 Å². The second-order valence-electron chi connectivity index (χ2n) is 6.48. The average molecular weight is 340 g/mol. The third kappa shape index (κ3) is 6.81. The zero-order valence-electron chi connectivity index (χ0n) is 13.9. The summed E-state index contributed by atoms with van der Waals surface area (Å²) in [6.07, 6.45) is 0.197. The molecule has 1 aliphatic heterocycles. The van der Waals surface area contributed by atoms with Gasteiger partial charge in [0.1, 0.15) is 25.0 Å². The zero-order valence-corrected chi connectivity index (χ0v) is 14.7. The van der Waals surface area contributed by atoms with Crippen LogP contribution in [0, 0.1) is 11.7 Å². The van der Waals surface area contributed by atoms with Crippen LogP contribution in [0.1, 0.15) is 19.4 Å². The Hall–Kier alpha value is -1.24. The van der Waals surface area contributed by atoms with Gasteiger partial charge in [-0.15, -0.1) is 0 Å². The Labute approximate surface area is 143 Å². The van der Waals surface area contributed by atoms with Crippen molar-refractivity contribution in [3.05, 3.63) is 35.6 Å². The molecule has 3 N–H and O–H groups in total. The van der Waals surface area contributed by atoms with Crippen molar-refractivity contribution in [1.82, 2.24) is 10.6 Å². The first-order valence-corrected chi connectivity index (χ1v) is 8.65. The van der Waals surface area contributed by atoms with E-state index in [9.17, 15) is 4.39 Å². The predicted octanol–water partition coefficient (Wildman–Crippen LogP) is 0.730. The molecular weight excluding hydrogens is 313 g/mol. The van der Waals surface area contributed by atoms with Gasteiger partial charge in [0.05, 0.1) is 13.2 Å². The van der Waals surface area contributed by atoms with Crippen molar-refractivity contribution in [3.8, 4) is 0 Å². The summed E-state index contributed by atoms with van der Waals surface area (Å²) in [5, 5.41) is 6.96. The highest BCUT2D eigenvalue weighted by atomic mass is 32.1. The maximum absolute atomic E-state index is 12.8. The van der Waals surface area contributed by atoms with Crippen molar-refractivity contribution < 1.29 is 14.0 Å². The predicted molar refractivity (Wildman–Crippen MR) is 94.0 cm³/mol. The van der Waals surface area contributed by atoms with Gasteiger partial charge in [0.2, 0.25) is 0 Å². The molecule has 128 valence electrons. The second kappa shape index (κ2) is 9.15. The summed E-state index contributed by atoms with van der Waals surface area (Å²) in [6, 6.07) is 6.41. The van der Waals surface area contributed by atoms with Crippen molar-refractivity contribution >= 4 is 17.3 Å². The number of rotatable bonds is 6. The number of morpholine rings is 1. The Bertz CT molecular complexity index is 495. The van der Waals surface area contributed by atoms with Crippen molar-refractivity contribution in [3.63, 3.8) is 0 Å². The van der Waals surface area contributed by atoms with Crippen molar-refractivity contribution in [2.75, 3.05) is 32.8 Å². The van der Waals surface area contributed by atoms with Crippen LogP contribution in [-0.2, 0) is 11.3 Å². The number of hydrogen-bond donors (Lipinski definition) is 3. The summed E-state index contributed by atoms with van der Waals surface area (Å²) >= 11 is 5.29. The van der Waals surface area contributed by atoms with E-state index in [2.05, 4.69) is 24.5 Å². The monoisotopic (exact) mass is 340 g/mol. The molecule has 0 aromatic heterocycles. The SMILES string of the molecule is CC(C)C[NH+]1CCO[C@@H](CNC(=S)NCc2ccc(F)cc2)C1. The van der Waals surface area contributed by atoms with E-state index in [1.165, 1.54) is 18.7 Å². The molecule has 23 heavy (non-hydrogen) atoms. The molecule has 2 rings (SSSR count). The summed E-state index contributed by atoms with van der Waals surface area (Å²) < 4.78 is 18.7. The van der Waals surface area contributed by atoms with Crippen molar-refractivity contribution in [1.29, 1.82) is 0 Å². The number of quaternary nitrogens is 1. The molecule has 1 heterocycles.